The highest BCUT2D eigenvalue weighted by atomic mass is 16.4. The molecule has 0 radical (unpaired) electrons. The summed E-state index contributed by atoms with van der Waals surface area (Å²) in [5.41, 5.74) is 1.00. The van der Waals surface area contributed by atoms with Gasteiger partial charge in [0.2, 0.25) is 5.91 Å². The first-order valence-electron chi connectivity index (χ1n) is 6.92. The summed E-state index contributed by atoms with van der Waals surface area (Å²) >= 11 is 0. The number of carboxylic acids is 1. The molecule has 3 N–H and O–H groups in total. The molecule has 21 heavy (non-hydrogen) atoms. The Labute approximate surface area is 124 Å². The number of carbonyl (C=O) groups excluding carboxylic acids is 1. The minimum Gasteiger partial charge on any atom is -0.481 e. The van der Waals surface area contributed by atoms with Gasteiger partial charge in [0, 0.05) is 13.1 Å². The zero-order valence-corrected chi connectivity index (χ0v) is 12.2. The van der Waals surface area contributed by atoms with Crippen molar-refractivity contribution >= 4 is 11.9 Å². The molecule has 0 bridgehead atoms. The van der Waals surface area contributed by atoms with E-state index in [4.69, 9.17) is 10.2 Å². The largest absolute Gasteiger partial charge is 0.481 e. The van der Waals surface area contributed by atoms with Gasteiger partial charge in [-0.25, -0.2) is 0 Å². The number of aliphatic carboxylic acids is 1. The van der Waals surface area contributed by atoms with Crippen LogP contribution in [0.3, 0.4) is 0 Å². The molecule has 0 heterocycles. The number of aliphatic hydroxyl groups excluding tert-OH is 1. The third-order valence-electron chi connectivity index (χ3n) is 3.10. The molecule has 6 nitrogen and oxygen atoms in total. The van der Waals surface area contributed by atoms with Crippen molar-refractivity contribution in [2.75, 3.05) is 26.2 Å². The monoisotopic (exact) mass is 294 g/mol. The minimum absolute atomic E-state index is 0.0540. The molecule has 6 heteroatoms. The van der Waals surface area contributed by atoms with Crippen LogP contribution < -0.4 is 5.32 Å². The maximum absolute atomic E-state index is 12.0. The number of benzene rings is 1. The third kappa shape index (κ3) is 6.87. The minimum atomic E-state index is -0.920. The van der Waals surface area contributed by atoms with E-state index in [0.717, 1.165) is 5.56 Å². The van der Waals surface area contributed by atoms with Gasteiger partial charge in [-0.3, -0.25) is 14.5 Å². The first-order chi connectivity index (χ1) is 10.0. The summed E-state index contributed by atoms with van der Waals surface area (Å²) in [5.74, 6) is -1.11. The number of rotatable bonds is 9. The highest BCUT2D eigenvalue weighted by molar-refractivity contribution is 5.78. The highest BCUT2D eigenvalue weighted by Gasteiger charge is 2.14. The van der Waals surface area contributed by atoms with Gasteiger partial charge in [0.25, 0.3) is 0 Å². The summed E-state index contributed by atoms with van der Waals surface area (Å²) in [5, 5.41) is 20.5. The normalized spacial score (nSPS) is 12.1. The number of nitrogens with zero attached hydrogens (tertiary/aromatic N) is 1. The van der Waals surface area contributed by atoms with Gasteiger partial charge in [0.15, 0.2) is 0 Å². The number of carboxylic acid groups (broad SMARTS) is 1. The van der Waals surface area contributed by atoms with E-state index in [0.29, 0.717) is 0 Å². The third-order valence-corrected chi connectivity index (χ3v) is 3.10. The lowest BCUT2D eigenvalue weighted by molar-refractivity contribution is -0.137. The Morgan fingerprint density at radius 3 is 2.48 bits per heavy atom. The molecule has 0 fully saturated rings. The van der Waals surface area contributed by atoms with Gasteiger partial charge in [-0.15, -0.1) is 0 Å². The number of hydrogen-bond acceptors (Lipinski definition) is 4. The van der Waals surface area contributed by atoms with Crippen molar-refractivity contribution in [2.24, 2.45) is 0 Å². The molecular formula is C15H22N2O4. The SMILES string of the molecule is CC(NC(=O)CN(CCO)CCC(=O)O)c1ccccc1. The molecule has 0 aromatic heterocycles. The van der Waals surface area contributed by atoms with Gasteiger partial charge < -0.3 is 15.5 Å². The van der Waals surface area contributed by atoms with Crippen LogP contribution in [0.4, 0.5) is 0 Å². The maximum Gasteiger partial charge on any atom is 0.304 e. The summed E-state index contributed by atoms with van der Waals surface area (Å²) < 4.78 is 0. The molecule has 1 aromatic carbocycles. The number of amides is 1. The van der Waals surface area contributed by atoms with Crippen LogP contribution in [0.15, 0.2) is 30.3 Å². The Bertz CT molecular complexity index is 450. The fourth-order valence-corrected chi connectivity index (χ4v) is 1.98. The molecular weight excluding hydrogens is 272 g/mol. The van der Waals surface area contributed by atoms with Crippen LogP contribution in [0.1, 0.15) is 24.9 Å². The lowest BCUT2D eigenvalue weighted by atomic mass is 10.1. The second-order valence-electron chi connectivity index (χ2n) is 4.84. The summed E-state index contributed by atoms with van der Waals surface area (Å²) in [6.45, 7) is 2.37. The van der Waals surface area contributed by atoms with Gasteiger partial charge in [-0.2, -0.15) is 0 Å². The lowest BCUT2D eigenvalue weighted by Gasteiger charge is -2.21. The van der Waals surface area contributed by atoms with E-state index in [9.17, 15) is 9.59 Å². The second-order valence-corrected chi connectivity index (χ2v) is 4.84. The van der Waals surface area contributed by atoms with Crippen molar-refractivity contribution in [3.63, 3.8) is 0 Å². The van der Waals surface area contributed by atoms with E-state index >= 15 is 0 Å². The van der Waals surface area contributed by atoms with E-state index in [1.54, 1.807) is 4.90 Å². The molecule has 1 aromatic rings. The number of nitrogens with one attached hydrogen (secondary N) is 1. The topological polar surface area (TPSA) is 89.9 Å². The van der Waals surface area contributed by atoms with Crippen LogP contribution in [0, 0.1) is 0 Å². The molecule has 1 atom stereocenters. The summed E-state index contributed by atoms with van der Waals surface area (Å²) in [6, 6.07) is 9.47. The van der Waals surface area contributed by atoms with Gasteiger partial charge in [0.05, 0.1) is 25.6 Å². The van der Waals surface area contributed by atoms with Gasteiger partial charge in [0.1, 0.15) is 0 Å². The van der Waals surface area contributed by atoms with Gasteiger partial charge in [-0.05, 0) is 12.5 Å². The molecule has 0 aliphatic heterocycles. The first kappa shape index (κ1) is 17.1. The van der Waals surface area contributed by atoms with Crippen LogP contribution in [-0.2, 0) is 9.59 Å². The molecule has 116 valence electrons. The molecule has 0 aliphatic rings. The van der Waals surface area contributed by atoms with Crippen molar-refractivity contribution < 1.29 is 19.8 Å². The number of hydrogen-bond donors (Lipinski definition) is 3. The zero-order valence-electron chi connectivity index (χ0n) is 12.2. The van der Waals surface area contributed by atoms with Gasteiger partial charge >= 0.3 is 5.97 Å². The predicted molar refractivity (Wildman–Crippen MR) is 78.8 cm³/mol. The highest BCUT2D eigenvalue weighted by Crippen LogP contribution is 2.10. The van der Waals surface area contributed by atoms with Crippen LogP contribution in [0.25, 0.3) is 0 Å². The van der Waals surface area contributed by atoms with Crippen molar-refractivity contribution in [1.82, 2.24) is 10.2 Å². The van der Waals surface area contributed by atoms with E-state index in [1.807, 2.05) is 37.3 Å². The Morgan fingerprint density at radius 1 is 1.24 bits per heavy atom. The Kier molecular flexibility index (Phi) is 7.42. The Morgan fingerprint density at radius 2 is 1.90 bits per heavy atom. The fraction of sp³-hybridized carbons (Fsp3) is 0.467. The zero-order chi connectivity index (χ0) is 15.7. The van der Waals surface area contributed by atoms with Crippen LogP contribution in [0.5, 0.6) is 0 Å². The lowest BCUT2D eigenvalue weighted by Crippen LogP contribution is -2.40. The quantitative estimate of drug-likeness (QED) is 0.621. The average molecular weight is 294 g/mol. The molecule has 1 rings (SSSR count). The molecule has 1 amide bonds. The van der Waals surface area contributed by atoms with Crippen molar-refractivity contribution in [3.05, 3.63) is 35.9 Å². The molecule has 0 saturated heterocycles. The maximum atomic E-state index is 12.0. The van der Waals surface area contributed by atoms with Crippen LogP contribution in [0.2, 0.25) is 0 Å². The van der Waals surface area contributed by atoms with Crippen molar-refractivity contribution in [3.8, 4) is 0 Å². The van der Waals surface area contributed by atoms with Gasteiger partial charge in [-0.1, -0.05) is 30.3 Å². The summed E-state index contributed by atoms with van der Waals surface area (Å²) in [4.78, 5) is 24.2. The molecule has 0 saturated carbocycles. The standard InChI is InChI=1S/C15H22N2O4/c1-12(13-5-3-2-4-6-13)16-14(19)11-17(9-10-18)8-7-15(20)21/h2-6,12,18H,7-11H2,1H3,(H,16,19)(H,20,21). The molecule has 1 unspecified atom stereocenters. The smallest absolute Gasteiger partial charge is 0.304 e. The average Bonchev–Trinajstić information content (AvgIpc) is 2.45. The second kappa shape index (κ2) is 9.10. The molecule has 0 aliphatic carbocycles. The van der Waals surface area contributed by atoms with E-state index < -0.39 is 5.97 Å². The number of carbonyl (C=O) groups is 2. The van der Waals surface area contributed by atoms with Crippen molar-refractivity contribution in [2.45, 2.75) is 19.4 Å². The molecule has 0 spiro atoms. The number of aliphatic hydroxyl groups is 1. The fourth-order valence-electron chi connectivity index (χ4n) is 1.98. The van der Waals surface area contributed by atoms with Crippen molar-refractivity contribution in [1.29, 1.82) is 0 Å². The van der Waals surface area contributed by atoms with E-state index in [-0.39, 0.29) is 44.6 Å². The van der Waals surface area contributed by atoms with Crippen LogP contribution in [-0.4, -0.2) is 53.2 Å². The Hall–Kier alpha value is -1.92. The summed E-state index contributed by atoms with van der Waals surface area (Å²) in [6.07, 6.45) is -0.0540. The summed E-state index contributed by atoms with van der Waals surface area (Å²) in [7, 11) is 0. The van der Waals surface area contributed by atoms with E-state index in [2.05, 4.69) is 5.32 Å². The first-order valence-corrected chi connectivity index (χ1v) is 6.92. The van der Waals surface area contributed by atoms with Crippen LogP contribution >= 0.6 is 0 Å². The predicted octanol–water partition coefficient (Wildman–Crippen LogP) is 0.633. The Balaban J connectivity index is 2.47. The van der Waals surface area contributed by atoms with E-state index in [1.165, 1.54) is 0 Å².